The van der Waals surface area contributed by atoms with Crippen molar-refractivity contribution in [3.8, 4) is 0 Å². The molecule has 1 saturated heterocycles. The van der Waals surface area contributed by atoms with Crippen LogP contribution in [0.4, 0.5) is 11.4 Å². The highest BCUT2D eigenvalue weighted by molar-refractivity contribution is 8.18. The quantitative estimate of drug-likeness (QED) is 0.475. The highest BCUT2D eigenvalue weighted by Crippen LogP contribution is 2.42. The van der Waals surface area contributed by atoms with Gasteiger partial charge in [-0.15, -0.1) is 0 Å². The number of aliphatic imine (C=N–C) groups is 1. The molecule has 0 aliphatic carbocycles. The van der Waals surface area contributed by atoms with E-state index >= 15 is 0 Å². The van der Waals surface area contributed by atoms with E-state index in [2.05, 4.69) is 44.9 Å². The third-order valence-electron chi connectivity index (χ3n) is 6.01. The first-order valence-electron chi connectivity index (χ1n) is 10.8. The van der Waals surface area contributed by atoms with E-state index in [9.17, 15) is 4.79 Å². The number of halogens is 1. The number of carbonyl (C=O) groups excluding carboxylic acids is 1. The first-order valence-corrected chi connectivity index (χ1v) is 12.0. The fourth-order valence-corrected chi connectivity index (χ4v) is 5.25. The first-order chi connectivity index (χ1) is 15.7. The minimum atomic E-state index is -0.0949. The molecule has 2 heterocycles. The van der Waals surface area contributed by atoms with Gasteiger partial charge in [0.25, 0.3) is 5.91 Å². The molecule has 0 spiro atoms. The molecule has 2 aliphatic heterocycles. The van der Waals surface area contributed by atoms with Crippen LogP contribution in [0.5, 0.6) is 0 Å². The van der Waals surface area contributed by atoms with Crippen molar-refractivity contribution < 1.29 is 9.53 Å². The number of thioether (sulfide) groups is 1. The fraction of sp³-hybridized carbons (Fsp3) is 0.308. The minimum absolute atomic E-state index is 0.0916. The summed E-state index contributed by atoms with van der Waals surface area (Å²) < 4.78 is 5.21. The lowest BCUT2D eigenvalue weighted by atomic mass is 9.88. The topological polar surface area (TPSA) is 45.1 Å². The molecule has 0 N–H and O–H groups in total. The van der Waals surface area contributed by atoms with E-state index < -0.39 is 0 Å². The Morgan fingerprint density at radius 2 is 1.94 bits per heavy atom. The predicted molar refractivity (Wildman–Crippen MR) is 140 cm³/mol. The monoisotopic (exact) mass is 481 g/mol. The number of benzene rings is 2. The van der Waals surface area contributed by atoms with Crippen molar-refractivity contribution in [1.29, 1.82) is 0 Å². The van der Waals surface area contributed by atoms with Gasteiger partial charge in [0.1, 0.15) is 0 Å². The number of ether oxygens (including phenoxy) is 1. The molecule has 2 aliphatic rings. The van der Waals surface area contributed by atoms with Gasteiger partial charge in [-0.25, -0.2) is 4.99 Å². The fourth-order valence-electron chi connectivity index (χ4n) is 4.02. The maximum Gasteiger partial charge on any atom is 0.266 e. The number of carbonyl (C=O) groups is 1. The van der Waals surface area contributed by atoms with E-state index in [1.807, 2.05) is 42.5 Å². The van der Waals surface area contributed by atoms with Gasteiger partial charge in [0.15, 0.2) is 5.17 Å². The molecule has 4 rings (SSSR count). The lowest BCUT2D eigenvalue weighted by Crippen LogP contribution is -2.42. The maximum absolute atomic E-state index is 13.3. The van der Waals surface area contributed by atoms with Crippen LogP contribution in [0, 0.1) is 0 Å². The Balaban J connectivity index is 1.72. The average Bonchev–Trinajstić information content (AvgIpc) is 3.06. The van der Waals surface area contributed by atoms with E-state index in [1.54, 1.807) is 12.0 Å². The Morgan fingerprint density at radius 1 is 1.21 bits per heavy atom. The number of rotatable bonds is 5. The van der Waals surface area contributed by atoms with Crippen LogP contribution in [-0.2, 0) is 9.53 Å². The molecule has 33 heavy (non-hydrogen) atoms. The number of anilines is 1. The minimum Gasteiger partial charge on any atom is -0.383 e. The second-order valence-corrected chi connectivity index (χ2v) is 10.1. The smallest absolute Gasteiger partial charge is 0.266 e. The molecule has 0 radical (unpaired) electrons. The van der Waals surface area contributed by atoms with Gasteiger partial charge in [-0.05, 0) is 74.0 Å². The van der Waals surface area contributed by atoms with Crippen molar-refractivity contribution in [3.05, 3.63) is 69.6 Å². The lowest BCUT2D eigenvalue weighted by Gasteiger charge is -2.40. The number of fused-ring (bicyclic) bond motifs is 1. The summed E-state index contributed by atoms with van der Waals surface area (Å²) in [5.74, 6) is -0.0916. The number of amidine groups is 1. The van der Waals surface area contributed by atoms with Gasteiger partial charge < -0.3 is 9.64 Å². The van der Waals surface area contributed by atoms with Crippen LogP contribution < -0.4 is 4.90 Å². The van der Waals surface area contributed by atoms with E-state index in [0.29, 0.717) is 28.2 Å². The lowest BCUT2D eigenvalue weighted by molar-refractivity contribution is -0.122. The van der Waals surface area contributed by atoms with Crippen molar-refractivity contribution in [1.82, 2.24) is 4.90 Å². The van der Waals surface area contributed by atoms with Crippen molar-refractivity contribution in [2.45, 2.75) is 26.3 Å². The van der Waals surface area contributed by atoms with Crippen LogP contribution in [0.3, 0.4) is 0 Å². The molecule has 0 saturated carbocycles. The van der Waals surface area contributed by atoms with Gasteiger partial charge in [0.2, 0.25) is 0 Å². The molecule has 0 bridgehead atoms. The number of nitrogens with zero attached hydrogens (tertiary/aromatic N) is 3. The van der Waals surface area contributed by atoms with E-state index in [-0.39, 0.29) is 11.4 Å². The summed E-state index contributed by atoms with van der Waals surface area (Å²) in [5.41, 5.74) is 4.93. The van der Waals surface area contributed by atoms with Gasteiger partial charge in [-0.1, -0.05) is 35.9 Å². The molecular weight excluding hydrogens is 454 g/mol. The Hall–Kier alpha value is -2.54. The molecular formula is C26H28ClN3O2S. The Kier molecular flexibility index (Phi) is 6.71. The summed E-state index contributed by atoms with van der Waals surface area (Å²) in [5, 5.41) is 1.25. The summed E-state index contributed by atoms with van der Waals surface area (Å²) in [4.78, 5) is 22.4. The van der Waals surface area contributed by atoms with Gasteiger partial charge in [0, 0.05) is 30.4 Å². The van der Waals surface area contributed by atoms with Crippen molar-refractivity contribution in [2.24, 2.45) is 4.99 Å². The molecule has 1 fully saturated rings. The highest BCUT2D eigenvalue weighted by Gasteiger charge is 2.34. The van der Waals surface area contributed by atoms with Crippen molar-refractivity contribution >= 4 is 57.5 Å². The largest absolute Gasteiger partial charge is 0.383 e. The van der Waals surface area contributed by atoms with Crippen molar-refractivity contribution in [2.75, 3.05) is 32.2 Å². The number of para-hydroxylation sites is 1. The van der Waals surface area contributed by atoms with E-state index in [0.717, 1.165) is 22.5 Å². The normalized spacial score (nSPS) is 19.9. The Labute approximate surface area is 204 Å². The SMILES string of the molecule is COCCN1C(=O)/C(=C\c2cc3c(cc2Cl)N(C)C(C)(C)C=C3C)SC1=Nc1ccccc1. The van der Waals surface area contributed by atoms with Crippen LogP contribution in [-0.4, -0.2) is 48.8 Å². The Bertz CT molecular complexity index is 1170. The molecule has 2 aromatic carbocycles. The second kappa shape index (κ2) is 9.37. The average molecular weight is 482 g/mol. The molecule has 2 aromatic rings. The Morgan fingerprint density at radius 3 is 2.64 bits per heavy atom. The number of hydrogen-bond donors (Lipinski definition) is 0. The number of likely N-dealkylation sites (N-methyl/N-ethyl adjacent to an activating group) is 1. The number of methoxy groups -OCH3 is 1. The van der Waals surface area contributed by atoms with Gasteiger partial charge in [0.05, 0.1) is 29.3 Å². The van der Waals surface area contributed by atoms with Crippen LogP contribution >= 0.6 is 23.4 Å². The predicted octanol–water partition coefficient (Wildman–Crippen LogP) is 6.22. The molecule has 5 nitrogen and oxygen atoms in total. The van der Waals surface area contributed by atoms with Gasteiger partial charge in [-0.2, -0.15) is 0 Å². The van der Waals surface area contributed by atoms with Gasteiger partial charge >= 0.3 is 0 Å². The number of allylic oxidation sites excluding steroid dienone is 1. The summed E-state index contributed by atoms with van der Waals surface area (Å²) in [6.07, 6.45) is 4.13. The number of amides is 1. The third kappa shape index (κ3) is 4.74. The number of hydrogen-bond acceptors (Lipinski definition) is 5. The maximum atomic E-state index is 13.3. The summed E-state index contributed by atoms with van der Waals surface area (Å²) in [6.45, 7) is 7.34. The third-order valence-corrected chi connectivity index (χ3v) is 7.34. The van der Waals surface area contributed by atoms with E-state index in [4.69, 9.17) is 21.3 Å². The van der Waals surface area contributed by atoms with Crippen LogP contribution in [0.15, 0.2) is 58.4 Å². The summed E-state index contributed by atoms with van der Waals surface area (Å²) >= 11 is 8.07. The standard InChI is InChI=1S/C26H28ClN3O2S/c1-17-16-26(2,3)29(4)22-15-21(27)18(13-20(17)22)14-23-24(31)30(11-12-32-5)25(33-23)28-19-9-7-6-8-10-19/h6-10,13-16H,11-12H2,1-5H3/b23-14+,28-25?. The van der Waals surface area contributed by atoms with Crippen LogP contribution in [0.2, 0.25) is 5.02 Å². The van der Waals surface area contributed by atoms with E-state index in [1.165, 1.54) is 17.3 Å². The van der Waals surface area contributed by atoms with Gasteiger partial charge in [-0.3, -0.25) is 9.69 Å². The highest BCUT2D eigenvalue weighted by atomic mass is 35.5. The zero-order valence-corrected chi connectivity index (χ0v) is 21.1. The summed E-state index contributed by atoms with van der Waals surface area (Å²) in [7, 11) is 3.70. The zero-order valence-electron chi connectivity index (χ0n) is 19.6. The molecule has 0 unspecified atom stereocenters. The van der Waals surface area contributed by atoms with Crippen molar-refractivity contribution in [3.63, 3.8) is 0 Å². The molecule has 1 amide bonds. The second-order valence-electron chi connectivity index (χ2n) is 8.72. The summed E-state index contributed by atoms with van der Waals surface area (Å²) in [6, 6.07) is 13.7. The molecule has 172 valence electrons. The first kappa shape index (κ1) is 23.6. The van der Waals surface area contributed by atoms with Crippen LogP contribution in [0.25, 0.3) is 11.6 Å². The molecule has 7 heteroatoms. The molecule has 0 aromatic heterocycles. The van der Waals surface area contributed by atoms with Crippen LogP contribution in [0.1, 0.15) is 31.9 Å². The molecule has 0 atom stereocenters. The zero-order chi connectivity index (χ0) is 23.8.